The van der Waals surface area contributed by atoms with Gasteiger partial charge in [-0.3, -0.25) is 9.69 Å². The normalized spacial score (nSPS) is 21.9. The van der Waals surface area contributed by atoms with E-state index in [-0.39, 0.29) is 11.9 Å². The maximum Gasteiger partial charge on any atom is 0.237 e. The second-order valence-electron chi connectivity index (χ2n) is 6.38. The highest BCUT2D eigenvalue weighted by Gasteiger charge is 2.27. The van der Waals surface area contributed by atoms with Crippen molar-refractivity contribution >= 4 is 5.91 Å². The summed E-state index contributed by atoms with van der Waals surface area (Å²) in [7, 11) is 0. The summed E-state index contributed by atoms with van der Waals surface area (Å²) in [6, 6.07) is 1.15. The molecule has 2 N–H and O–H groups in total. The Labute approximate surface area is 123 Å². The minimum Gasteiger partial charge on any atom is -0.352 e. The Kier molecular flexibility index (Phi) is 6.30. The van der Waals surface area contributed by atoms with Gasteiger partial charge in [-0.2, -0.15) is 0 Å². The van der Waals surface area contributed by atoms with Gasteiger partial charge in [0.25, 0.3) is 0 Å². The number of carbonyl (C=O) groups excluding carboxylic acids is 1. The molecular formula is C16H31N3O. The van der Waals surface area contributed by atoms with Crippen LogP contribution in [0.3, 0.4) is 0 Å². The fourth-order valence-electron chi connectivity index (χ4n) is 3.13. The van der Waals surface area contributed by atoms with Gasteiger partial charge < -0.3 is 10.6 Å². The average Bonchev–Trinajstić information content (AvgIpc) is 3.29. The molecule has 0 aliphatic heterocycles. The first-order valence-corrected chi connectivity index (χ1v) is 8.48. The Bertz CT molecular complexity index is 298. The van der Waals surface area contributed by atoms with E-state index in [0.717, 1.165) is 38.5 Å². The van der Waals surface area contributed by atoms with Crippen LogP contribution >= 0.6 is 0 Å². The first kappa shape index (κ1) is 15.8. The van der Waals surface area contributed by atoms with Crippen molar-refractivity contribution in [2.24, 2.45) is 0 Å². The van der Waals surface area contributed by atoms with Gasteiger partial charge in [0, 0.05) is 25.2 Å². The molecule has 1 amide bonds. The van der Waals surface area contributed by atoms with E-state index in [1.165, 1.54) is 32.1 Å². The van der Waals surface area contributed by atoms with Crippen LogP contribution in [0.25, 0.3) is 0 Å². The summed E-state index contributed by atoms with van der Waals surface area (Å²) in [6.45, 7) is 7.28. The predicted molar refractivity (Wildman–Crippen MR) is 82.7 cm³/mol. The Hall–Kier alpha value is -0.610. The number of carbonyl (C=O) groups is 1. The monoisotopic (exact) mass is 281 g/mol. The van der Waals surface area contributed by atoms with E-state index in [2.05, 4.69) is 22.5 Å². The third-order valence-electron chi connectivity index (χ3n) is 4.66. The number of nitrogens with zero attached hydrogens (tertiary/aromatic N) is 1. The number of rotatable bonds is 8. The van der Waals surface area contributed by atoms with Gasteiger partial charge in [-0.1, -0.05) is 26.2 Å². The molecule has 1 unspecified atom stereocenters. The molecule has 0 saturated heterocycles. The smallest absolute Gasteiger partial charge is 0.237 e. The molecule has 0 aromatic heterocycles. The molecule has 0 heterocycles. The van der Waals surface area contributed by atoms with Crippen LogP contribution < -0.4 is 10.6 Å². The number of nitrogens with one attached hydrogen (secondary N) is 2. The lowest BCUT2D eigenvalue weighted by atomic mass is 9.95. The zero-order chi connectivity index (χ0) is 14.4. The lowest BCUT2D eigenvalue weighted by Gasteiger charge is -2.25. The van der Waals surface area contributed by atoms with Gasteiger partial charge in [0.1, 0.15) is 0 Å². The van der Waals surface area contributed by atoms with E-state index in [1.54, 1.807) is 0 Å². The first-order valence-electron chi connectivity index (χ1n) is 8.48. The third kappa shape index (κ3) is 5.06. The molecule has 0 spiro atoms. The van der Waals surface area contributed by atoms with Crippen LogP contribution in [-0.2, 0) is 4.79 Å². The maximum absolute atomic E-state index is 12.1. The third-order valence-corrected chi connectivity index (χ3v) is 4.66. The van der Waals surface area contributed by atoms with Gasteiger partial charge in [0.05, 0.1) is 6.04 Å². The lowest BCUT2D eigenvalue weighted by molar-refractivity contribution is -0.123. The van der Waals surface area contributed by atoms with Crippen molar-refractivity contribution in [2.45, 2.75) is 76.9 Å². The van der Waals surface area contributed by atoms with Crippen molar-refractivity contribution in [2.75, 3.05) is 19.6 Å². The Morgan fingerprint density at radius 2 is 1.90 bits per heavy atom. The molecule has 0 aromatic carbocycles. The second-order valence-corrected chi connectivity index (χ2v) is 6.38. The summed E-state index contributed by atoms with van der Waals surface area (Å²) in [5.74, 6) is 0.173. The highest BCUT2D eigenvalue weighted by molar-refractivity contribution is 5.81. The summed E-state index contributed by atoms with van der Waals surface area (Å²) < 4.78 is 0. The molecule has 0 radical (unpaired) electrons. The topological polar surface area (TPSA) is 44.4 Å². The summed E-state index contributed by atoms with van der Waals surface area (Å²) >= 11 is 0. The average molecular weight is 281 g/mol. The number of amides is 1. The van der Waals surface area contributed by atoms with Crippen LogP contribution in [0.5, 0.6) is 0 Å². The minimum atomic E-state index is -0.0742. The van der Waals surface area contributed by atoms with Gasteiger partial charge in [-0.15, -0.1) is 0 Å². The van der Waals surface area contributed by atoms with Crippen LogP contribution in [0.15, 0.2) is 0 Å². The molecule has 1 atom stereocenters. The molecule has 116 valence electrons. The zero-order valence-electron chi connectivity index (χ0n) is 13.2. The van der Waals surface area contributed by atoms with Crippen LogP contribution in [0, 0.1) is 0 Å². The van der Waals surface area contributed by atoms with Crippen molar-refractivity contribution < 1.29 is 4.79 Å². The molecule has 4 nitrogen and oxygen atoms in total. The Balaban J connectivity index is 1.60. The summed E-state index contributed by atoms with van der Waals surface area (Å²) in [5.41, 5.74) is 0. The lowest BCUT2D eigenvalue weighted by Crippen LogP contribution is -2.48. The molecule has 0 bridgehead atoms. The van der Waals surface area contributed by atoms with E-state index < -0.39 is 0 Å². The molecule has 4 heteroatoms. The predicted octanol–water partition coefficient (Wildman–Crippen LogP) is 1.90. The molecule has 2 fully saturated rings. The van der Waals surface area contributed by atoms with Crippen LogP contribution in [0.1, 0.15) is 58.8 Å². The molecule has 2 saturated carbocycles. The van der Waals surface area contributed by atoms with Gasteiger partial charge in [0.15, 0.2) is 0 Å². The number of hydrogen-bond donors (Lipinski definition) is 2. The molecular weight excluding hydrogens is 250 g/mol. The summed E-state index contributed by atoms with van der Waals surface area (Å²) in [6.07, 6.45) is 8.87. The molecule has 20 heavy (non-hydrogen) atoms. The summed E-state index contributed by atoms with van der Waals surface area (Å²) in [4.78, 5) is 14.6. The SMILES string of the molecule is CCN(CCNC(C)C(=O)NC1CCCCC1)C1CC1. The number of likely N-dealkylation sites (N-methyl/N-ethyl adjacent to an activating group) is 1. The van der Waals surface area contributed by atoms with Crippen molar-refractivity contribution in [1.82, 2.24) is 15.5 Å². The van der Waals surface area contributed by atoms with Crippen molar-refractivity contribution in [3.05, 3.63) is 0 Å². The minimum absolute atomic E-state index is 0.0742. The molecule has 2 rings (SSSR count). The fraction of sp³-hybridized carbons (Fsp3) is 0.938. The van der Waals surface area contributed by atoms with Crippen molar-refractivity contribution in [3.8, 4) is 0 Å². The zero-order valence-corrected chi connectivity index (χ0v) is 13.2. The molecule has 0 aromatic rings. The van der Waals surface area contributed by atoms with E-state index in [0.29, 0.717) is 6.04 Å². The highest BCUT2D eigenvalue weighted by atomic mass is 16.2. The van der Waals surface area contributed by atoms with Crippen LogP contribution in [-0.4, -0.2) is 48.6 Å². The van der Waals surface area contributed by atoms with E-state index in [1.807, 2.05) is 6.92 Å². The number of hydrogen-bond acceptors (Lipinski definition) is 3. The largest absolute Gasteiger partial charge is 0.352 e. The van der Waals surface area contributed by atoms with E-state index >= 15 is 0 Å². The van der Waals surface area contributed by atoms with E-state index in [9.17, 15) is 4.79 Å². The van der Waals surface area contributed by atoms with Crippen molar-refractivity contribution in [1.29, 1.82) is 0 Å². The van der Waals surface area contributed by atoms with Crippen molar-refractivity contribution in [3.63, 3.8) is 0 Å². The highest BCUT2D eigenvalue weighted by Crippen LogP contribution is 2.25. The quantitative estimate of drug-likeness (QED) is 0.714. The standard InChI is InChI=1S/C16H31N3O/c1-3-19(15-9-10-15)12-11-17-13(2)16(20)18-14-7-5-4-6-8-14/h13-15,17H,3-12H2,1-2H3,(H,18,20). The Morgan fingerprint density at radius 3 is 2.50 bits per heavy atom. The van der Waals surface area contributed by atoms with Gasteiger partial charge in [-0.25, -0.2) is 0 Å². The van der Waals surface area contributed by atoms with Gasteiger partial charge >= 0.3 is 0 Å². The Morgan fingerprint density at radius 1 is 1.20 bits per heavy atom. The van der Waals surface area contributed by atoms with Crippen LogP contribution in [0.2, 0.25) is 0 Å². The molecule has 2 aliphatic rings. The first-order chi connectivity index (χ1) is 9.70. The van der Waals surface area contributed by atoms with E-state index in [4.69, 9.17) is 0 Å². The maximum atomic E-state index is 12.1. The van der Waals surface area contributed by atoms with Gasteiger partial charge in [0.2, 0.25) is 5.91 Å². The van der Waals surface area contributed by atoms with Gasteiger partial charge in [-0.05, 0) is 39.2 Å². The second kappa shape index (κ2) is 7.99. The molecule has 2 aliphatic carbocycles. The summed E-state index contributed by atoms with van der Waals surface area (Å²) in [5, 5.41) is 6.56. The van der Waals surface area contributed by atoms with Crippen LogP contribution in [0.4, 0.5) is 0 Å². The fourth-order valence-corrected chi connectivity index (χ4v) is 3.13.